The van der Waals surface area contributed by atoms with Crippen LogP contribution in [0, 0.1) is 5.92 Å². The zero-order valence-electron chi connectivity index (χ0n) is 11.9. The van der Waals surface area contributed by atoms with Gasteiger partial charge in [0, 0.05) is 38.8 Å². The van der Waals surface area contributed by atoms with Crippen LogP contribution in [0.5, 0.6) is 0 Å². The van der Waals surface area contributed by atoms with E-state index in [4.69, 9.17) is 4.74 Å². The lowest BCUT2D eigenvalue weighted by Crippen LogP contribution is -2.54. The van der Waals surface area contributed by atoms with Crippen molar-refractivity contribution in [3.63, 3.8) is 0 Å². The van der Waals surface area contributed by atoms with Gasteiger partial charge in [-0.25, -0.2) is 0 Å². The summed E-state index contributed by atoms with van der Waals surface area (Å²) in [6.45, 7) is 11.8. The molecule has 1 rings (SSSR count). The Labute approximate surface area is 106 Å². The Hall–Kier alpha value is -0.160. The number of nitrogens with zero attached hydrogens (tertiary/aromatic N) is 2. The molecule has 1 atom stereocenters. The lowest BCUT2D eigenvalue weighted by Gasteiger charge is -2.38. The van der Waals surface area contributed by atoms with E-state index in [9.17, 15) is 0 Å². The fraction of sp³-hybridized carbons (Fsp3) is 1.00. The summed E-state index contributed by atoms with van der Waals surface area (Å²) in [6.07, 6.45) is 0. The number of piperazine rings is 1. The zero-order valence-corrected chi connectivity index (χ0v) is 11.9. The molecule has 0 aromatic rings. The van der Waals surface area contributed by atoms with Crippen molar-refractivity contribution in [2.45, 2.75) is 19.9 Å². The summed E-state index contributed by atoms with van der Waals surface area (Å²) >= 11 is 0. The maximum atomic E-state index is 5.67. The largest absolute Gasteiger partial charge is 0.379 e. The molecule has 0 spiro atoms. The number of ether oxygens (including phenoxy) is 1. The minimum absolute atomic E-state index is 0.668. The highest BCUT2D eigenvalue weighted by Crippen LogP contribution is 2.12. The summed E-state index contributed by atoms with van der Waals surface area (Å²) in [5, 5.41) is 3.47. The molecule has 0 bridgehead atoms. The van der Waals surface area contributed by atoms with Crippen molar-refractivity contribution >= 4 is 0 Å². The predicted molar refractivity (Wildman–Crippen MR) is 72.4 cm³/mol. The van der Waals surface area contributed by atoms with Crippen LogP contribution < -0.4 is 5.32 Å². The highest BCUT2D eigenvalue weighted by Gasteiger charge is 2.24. The number of likely N-dealkylation sites (N-methyl/N-ethyl adjacent to an activating group) is 1. The Morgan fingerprint density at radius 3 is 2.76 bits per heavy atom. The predicted octanol–water partition coefficient (Wildman–Crippen LogP) is 0.494. The Balaban J connectivity index is 2.15. The summed E-state index contributed by atoms with van der Waals surface area (Å²) in [5.41, 5.74) is 0. The lowest BCUT2D eigenvalue weighted by atomic mass is 10.0. The Kier molecular flexibility index (Phi) is 7.04. The molecule has 17 heavy (non-hydrogen) atoms. The highest BCUT2D eigenvalue weighted by atomic mass is 16.5. The standard InChI is InChI=1S/C13H29N3O/c1-12(2)13-11-14-5-6-16(13)8-10-17-9-7-15(3)4/h12-14H,5-11H2,1-4H3. The van der Waals surface area contributed by atoms with E-state index in [1.807, 2.05) is 0 Å². The van der Waals surface area contributed by atoms with Gasteiger partial charge in [-0.2, -0.15) is 0 Å². The van der Waals surface area contributed by atoms with Gasteiger partial charge < -0.3 is 15.0 Å². The number of hydrogen-bond acceptors (Lipinski definition) is 4. The van der Waals surface area contributed by atoms with Crippen LogP contribution in [-0.2, 0) is 4.74 Å². The summed E-state index contributed by atoms with van der Waals surface area (Å²) in [6, 6.07) is 0.668. The fourth-order valence-electron chi connectivity index (χ4n) is 2.23. The molecule has 4 heteroatoms. The molecule has 1 aliphatic heterocycles. The van der Waals surface area contributed by atoms with Gasteiger partial charge in [-0.3, -0.25) is 4.90 Å². The van der Waals surface area contributed by atoms with Crippen LogP contribution in [0.1, 0.15) is 13.8 Å². The van der Waals surface area contributed by atoms with Gasteiger partial charge in [-0.15, -0.1) is 0 Å². The van der Waals surface area contributed by atoms with Crippen LogP contribution in [0.15, 0.2) is 0 Å². The molecule has 1 aliphatic rings. The van der Waals surface area contributed by atoms with Crippen molar-refractivity contribution in [1.82, 2.24) is 15.1 Å². The molecule has 1 fully saturated rings. The molecule has 1 heterocycles. The number of nitrogens with one attached hydrogen (secondary N) is 1. The van der Waals surface area contributed by atoms with E-state index < -0.39 is 0 Å². The maximum absolute atomic E-state index is 5.67. The first-order valence-electron chi connectivity index (χ1n) is 6.78. The fourth-order valence-corrected chi connectivity index (χ4v) is 2.23. The molecule has 0 aromatic carbocycles. The summed E-state index contributed by atoms with van der Waals surface area (Å²) in [4.78, 5) is 4.72. The van der Waals surface area contributed by atoms with E-state index in [1.165, 1.54) is 0 Å². The third-order valence-electron chi connectivity index (χ3n) is 3.37. The first kappa shape index (κ1) is 14.9. The van der Waals surface area contributed by atoms with Crippen molar-refractivity contribution < 1.29 is 4.74 Å². The van der Waals surface area contributed by atoms with E-state index in [-0.39, 0.29) is 0 Å². The van der Waals surface area contributed by atoms with Crippen LogP contribution in [0.2, 0.25) is 0 Å². The third-order valence-corrected chi connectivity index (χ3v) is 3.37. The molecule has 0 saturated carbocycles. The van der Waals surface area contributed by atoms with E-state index in [0.717, 1.165) is 45.9 Å². The maximum Gasteiger partial charge on any atom is 0.0594 e. The minimum atomic E-state index is 0.668. The lowest BCUT2D eigenvalue weighted by molar-refractivity contribution is 0.0579. The van der Waals surface area contributed by atoms with Crippen LogP contribution in [0.4, 0.5) is 0 Å². The average Bonchev–Trinajstić information content (AvgIpc) is 2.28. The van der Waals surface area contributed by atoms with Gasteiger partial charge in [0.1, 0.15) is 0 Å². The molecule has 0 aromatic heterocycles. The Bertz CT molecular complexity index is 197. The molecule has 1 unspecified atom stereocenters. The Morgan fingerprint density at radius 1 is 1.35 bits per heavy atom. The second-order valence-corrected chi connectivity index (χ2v) is 5.47. The normalized spacial score (nSPS) is 22.6. The van der Waals surface area contributed by atoms with Crippen molar-refractivity contribution in [3.8, 4) is 0 Å². The van der Waals surface area contributed by atoms with Crippen LogP contribution in [-0.4, -0.2) is 75.9 Å². The van der Waals surface area contributed by atoms with Gasteiger partial charge in [-0.1, -0.05) is 13.8 Å². The van der Waals surface area contributed by atoms with E-state index in [2.05, 4.69) is 43.1 Å². The van der Waals surface area contributed by atoms with Crippen LogP contribution >= 0.6 is 0 Å². The molecular weight excluding hydrogens is 214 g/mol. The van der Waals surface area contributed by atoms with E-state index in [0.29, 0.717) is 12.0 Å². The second-order valence-electron chi connectivity index (χ2n) is 5.47. The smallest absolute Gasteiger partial charge is 0.0594 e. The number of rotatable bonds is 7. The van der Waals surface area contributed by atoms with Gasteiger partial charge in [0.25, 0.3) is 0 Å². The molecule has 102 valence electrons. The topological polar surface area (TPSA) is 27.7 Å². The summed E-state index contributed by atoms with van der Waals surface area (Å²) in [7, 11) is 4.16. The monoisotopic (exact) mass is 243 g/mol. The molecule has 1 N–H and O–H groups in total. The van der Waals surface area contributed by atoms with Crippen molar-refractivity contribution in [2.75, 3.05) is 60.0 Å². The minimum Gasteiger partial charge on any atom is -0.379 e. The van der Waals surface area contributed by atoms with E-state index in [1.54, 1.807) is 0 Å². The van der Waals surface area contributed by atoms with E-state index >= 15 is 0 Å². The zero-order chi connectivity index (χ0) is 12.7. The van der Waals surface area contributed by atoms with Gasteiger partial charge in [0.15, 0.2) is 0 Å². The Morgan fingerprint density at radius 2 is 2.12 bits per heavy atom. The molecule has 1 saturated heterocycles. The van der Waals surface area contributed by atoms with Crippen molar-refractivity contribution in [1.29, 1.82) is 0 Å². The van der Waals surface area contributed by atoms with Gasteiger partial charge in [0.2, 0.25) is 0 Å². The van der Waals surface area contributed by atoms with Crippen LogP contribution in [0.25, 0.3) is 0 Å². The molecular formula is C13H29N3O. The summed E-state index contributed by atoms with van der Waals surface area (Å²) in [5.74, 6) is 0.713. The van der Waals surface area contributed by atoms with Crippen molar-refractivity contribution in [3.05, 3.63) is 0 Å². The SMILES string of the molecule is CC(C)C1CNCCN1CCOCCN(C)C. The molecule has 0 aliphatic carbocycles. The van der Waals surface area contributed by atoms with Gasteiger partial charge in [-0.05, 0) is 20.0 Å². The quantitative estimate of drug-likeness (QED) is 0.659. The highest BCUT2D eigenvalue weighted by molar-refractivity contribution is 4.81. The third kappa shape index (κ3) is 5.82. The first-order chi connectivity index (χ1) is 8.11. The number of hydrogen-bond donors (Lipinski definition) is 1. The molecule has 0 amide bonds. The van der Waals surface area contributed by atoms with Gasteiger partial charge in [0.05, 0.1) is 13.2 Å². The second kappa shape index (κ2) is 8.03. The first-order valence-corrected chi connectivity index (χ1v) is 6.78. The van der Waals surface area contributed by atoms with Crippen LogP contribution in [0.3, 0.4) is 0 Å². The molecule has 0 radical (unpaired) electrons. The summed E-state index contributed by atoms with van der Waals surface area (Å²) < 4.78 is 5.67. The average molecular weight is 243 g/mol. The van der Waals surface area contributed by atoms with Gasteiger partial charge >= 0.3 is 0 Å². The molecule has 4 nitrogen and oxygen atoms in total. The van der Waals surface area contributed by atoms with Crippen molar-refractivity contribution in [2.24, 2.45) is 5.92 Å².